The first kappa shape index (κ1) is 22.7. The van der Waals surface area contributed by atoms with Crippen LogP contribution in [0.1, 0.15) is 50.0 Å². The van der Waals surface area contributed by atoms with E-state index >= 15 is 0 Å². The van der Waals surface area contributed by atoms with E-state index < -0.39 is 58.6 Å². The van der Waals surface area contributed by atoms with Gasteiger partial charge >= 0.3 is 0 Å². The van der Waals surface area contributed by atoms with Crippen molar-refractivity contribution >= 4 is 17.5 Å². The molecule has 0 radical (unpaired) electrons. The largest absolute Gasteiger partial charge is 0.503 e. The van der Waals surface area contributed by atoms with Crippen molar-refractivity contribution in [1.29, 1.82) is 0 Å². The van der Waals surface area contributed by atoms with Gasteiger partial charge in [0.25, 0.3) is 11.8 Å². The summed E-state index contributed by atoms with van der Waals surface area (Å²) < 4.78 is 44.2. The fourth-order valence-corrected chi connectivity index (χ4v) is 4.76. The summed E-state index contributed by atoms with van der Waals surface area (Å²) in [6.07, 6.45) is 2.05. The maximum Gasteiger partial charge on any atom is 0.279 e. The number of carbonyl (C=O) groups excluding carboxylic acids is 2. The van der Waals surface area contributed by atoms with Crippen molar-refractivity contribution in [3.8, 4) is 5.75 Å². The Labute approximate surface area is 197 Å². The second-order valence-electron chi connectivity index (χ2n) is 8.72. The van der Waals surface area contributed by atoms with Crippen LogP contribution in [0, 0.1) is 24.4 Å². The number of hydrogen-bond donors (Lipinski definition) is 2. The number of para-hydroxylation sites is 1. The lowest BCUT2D eigenvalue weighted by molar-refractivity contribution is 0.0928. The van der Waals surface area contributed by atoms with Gasteiger partial charge in [-0.05, 0) is 49.1 Å². The predicted molar refractivity (Wildman–Crippen MR) is 120 cm³/mol. The summed E-state index contributed by atoms with van der Waals surface area (Å²) in [6, 6.07) is 6.29. The smallest absolute Gasteiger partial charge is 0.279 e. The standard InChI is InChI=1S/C25H20F3N3O4/c1-12-7-18(27)15(19(28)8-12)9-29-24(34)16-11-30-14-6-5-13-3-2-4-17(26)20(13)31(10-14)25(35)21(30)23(33)22(16)32/h2-4,7-8,11,14,33H,5-6,9-10H2,1H3,(H,29,34)/t14-/m0/s1. The molecule has 2 amide bonds. The van der Waals surface area contributed by atoms with Gasteiger partial charge in [0.1, 0.15) is 23.0 Å². The van der Waals surface area contributed by atoms with E-state index in [1.54, 1.807) is 12.1 Å². The van der Waals surface area contributed by atoms with E-state index in [1.807, 2.05) is 0 Å². The van der Waals surface area contributed by atoms with Crippen LogP contribution < -0.4 is 15.6 Å². The van der Waals surface area contributed by atoms with E-state index in [0.29, 0.717) is 24.0 Å². The normalized spacial score (nSPS) is 16.4. The van der Waals surface area contributed by atoms with Gasteiger partial charge in [-0.1, -0.05) is 12.1 Å². The SMILES string of the molecule is Cc1cc(F)c(CNC(=O)c2cn3c(c(O)c2=O)C(=O)N2C[C@@H]3CCc3cccc(F)c32)c(F)c1. The number of carbonyl (C=O) groups is 2. The number of aromatic hydroxyl groups is 1. The maximum absolute atomic E-state index is 14.6. The summed E-state index contributed by atoms with van der Waals surface area (Å²) in [4.78, 5) is 40.0. The van der Waals surface area contributed by atoms with E-state index in [2.05, 4.69) is 5.32 Å². The average molecular weight is 483 g/mol. The number of nitrogens with zero attached hydrogens (tertiary/aromatic N) is 2. The van der Waals surface area contributed by atoms with E-state index in [0.717, 1.165) is 12.1 Å². The fourth-order valence-electron chi connectivity index (χ4n) is 4.76. The first-order chi connectivity index (χ1) is 16.7. The summed E-state index contributed by atoms with van der Waals surface area (Å²) in [6.45, 7) is 1.08. The van der Waals surface area contributed by atoms with Crippen LogP contribution in [-0.2, 0) is 13.0 Å². The second-order valence-corrected chi connectivity index (χ2v) is 8.72. The zero-order chi connectivity index (χ0) is 25.0. The molecular formula is C25H20F3N3O4. The first-order valence-electron chi connectivity index (χ1n) is 11.0. The van der Waals surface area contributed by atoms with Crippen molar-refractivity contribution in [3.63, 3.8) is 0 Å². The molecule has 0 fully saturated rings. The molecule has 1 aromatic heterocycles. The molecule has 0 saturated heterocycles. The Bertz CT molecular complexity index is 1440. The minimum absolute atomic E-state index is 0.0862. The quantitative estimate of drug-likeness (QED) is 0.598. The number of halogens is 3. The topological polar surface area (TPSA) is 91.6 Å². The van der Waals surface area contributed by atoms with Gasteiger partial charge in [-0.2, -0.15) is 0 Å². The molecule has 10 heteroatoms. The summed E-state index contributed by atoms with van der Waals surface area (Å²) in [5, 5.41) is 12.9. The number of anilines is 1. The molecule has 5 rings (SSSR count). The van der Waals surface area contributed by atoms with Gasteiger partial charge in [-0.15, -0.1) is 0 Å². The van der Waals surface area contributed by atoms with Crippen molar-refractivity contribution in [2.75, 3.05) is 11.4 Å². The zero-order valence-corrected chi connectivity index (χ0v) is 18.6. The monoisotopic (exact) mass is 483 g/mol. The Balaban J connectivity index is 1.51. The molecule has 0 unspecified atom stereocenters. The van der Waals surface area contributed by atoms with E-state index in [4.69, 9.17) is 0 Å². The van der Waals surface area contributed by atoms with Crippen LogP contribution in [0.4, 0.5) is 18.9 Å². The number of aromatic nitrogens is 1. The molecular weight excluding hydrogens is 463 g/mol. The van der Waals surface area contributed by atoms with Crippen LogP contribution >= 0.6 is 0 Å². The van der Waals surface area contributed by atoms with Crippen LogP contribution in [0.15, 0.2) is 41.3 Å². The van der Waals surface area contributed by atoms with Crippen LogP contribution in [0.25, 0.3) is 0 Å². The molecule has 3 aromatic rings. The van der Waals surface area contributed by atoms with Crippen molar-refractivity contribution in [1.82, 2.24) is 9.88 Å². The minimum Gasteiger partial charge on any atom is -0.503 e. The molecule has 2 aliphatic rings. The number of amides is 2. The van der Waals surface area contributed by atoms with Crippen molar-refractivity contribution < 1.29 is 27.9 Å². The number of aryl methyl sites for hydroxylation is 2. The maximum atomic E-state index is 14.6. The lowest BCUT2D eigenvalue weighted by Gasteiger charge is -2.35. The number of rotatable bonds is 3. The third-order valence-electron chi connectivity index (χ3n) is 6.49. The fraction of sp³-hybridized carbons (Fsp3) is 0.240. The molecule has 35 heavy (non-hydrogen) atoms. The third-order valence-corrected chi connectivity index (χ3v) is 6.49. The molecule has 3 heterocycles. The highest BCUT2D eigenvalue weighted by Crippen LogP contribution is 2.38. The van der Waals surface area contributed by atoms with E-state index in [9.17, 15) is 32.7 Å². The molecule has 2 aromatic carbocycles. The van der Waals surface area contributed by atoms with Gasteiger partial charge in [-0.25, -0.2) is 13.2 Å². The second kappa shape index (κ2) is 8.30. The summed E-state index contributed by atoms with van der Waals surface area (Å²) in [5.41, 5.74) is -1.19. The van der Waals surface area contributed by atoms with Crippen LogP contribution in [0.3, 0.4) is 0 Å². The number of nitrogens with one attached hydrogen (secondary N) is 1. The van der Waals surface area contributed by atoms with Gasteiger partial charge < -0.3 is 19.9 Å². The van der Waals surface area contributed by atoms with Crippen LogP contribution in [-0.4, -0.2) is 28.0 Å². The first-order valence-corrected chi connectivity index (χ1v) is 11.0. The van der Waals surface area contributed by atoms with Crippen molar-refractivity contribution in [2.24, 2.45) is 0 Å². The minimum atomic E-state index is -1.11. The van der Waals surface area contributed by atoms with Gasteiger partial charge in [0, 0.05) is 24.8 Å². The molecule has 7 nitrogen and oxygen atoms in total. The van der Waals surface area contributed by atoms with Gasteiger partial charge in [0.15, 0.2) is 11.4 Å². The summed E-state index contributed by atoms with van der Waals surface area (Å²) >= 11 is 0. The van der Waals surface area contributed by atoms with Crippen LogP contribution in [0.2, 0.25) is 0 Å². The van der Waals surface area contributed by atoms with Gasteiger partial charge in [-0.3, -0.25) is 14.4 Å². The summed E-state index contributed by atoms with van der Waals surface area (Å²) in [7, 11) is 0. The molecule has 1 atom stereocenters. The highest BCUT2D eigenvalue weighted by Gasteiger charge is 2.39. The highest BCUT2D eigenvalue weighted by atomic mass is 19.1. The molecule has 2 bridgehead atoms. The van der Waals surface area contributed by atoms with E-state index in [1.165, 1.54) is 28.7 Å². The molecule has 0 aliphatic carbocycles. The Morgan fingerprint density at radius 3 is 2.57 bits per heavy atom. The van der Waals surface area contributed by atoms with Crippen LogP contribution in [0.5, 0.6) is 5.75 Å². The zero-order valence-electron chi connectivity index (χ0n) is 18.6. The molecule has 0 saturated carbocycles. The summed E-state index contributed by atoms with van der Waals surface area (Å²) in [5.74, 6) is -4.94. The average Bonchev–Trinajstić information content (AvgIpc) is 2.97. The predicted octanol–water partition coefficient (Wildman–Crippen LogP) is 3.36. The number of fused-ring (bicyclic) bond motifs is 6. The molecule has 2 N–H and O–H groups in total. The molecule has 180 valence electrons. The lowest BCUT2D eigenvalue weighted by Crippen LogP contribution is -2.45. The van der Waals surface area contributed by atoms with Crippen molar-refractivity contribution in [2.45, 2.75) is 32.4 Å². The van der Waals surface area contributed by atoms with Crippen molar-refractivity contribution in [3.05, 3.63) is 92.2 Å². The molecule has 2 aliphatic heterocycles. The highest BCUT2D eigenvalue weighted by molar-refractivity contribution is 6.08. The van der Waals surface area contributed by atoms with E-state index in [-0.39, 0.29) is 23.5 Å². The molecule has 0 spiro atoms. The Morgan fingerprint density at radius 1 is 1.14 bits per heavy atom. The van der Waals surface area contributed by atoms with Gasteiger partial charge in [0.05, 0.1) is 11.7 Å². The Hall–Kier alpha value is -4.08. The Morgan fingerprint density at radius 2 is 1.86 bits per heavy atom. The number of pyridine rings is 1. The third kappa shape index (κ3) is 3.65. The number of benzene rings is 2. The number of hydrogen-bond acceptors (Lipinski definition) is 4. The van der Waals surface area contributed by atoms with Gasteiger partial charge in [0.2, 0.25) is 5.43 Å². The lowest BCUT2D eigenvalue weighted by atomic mass is 10.0. The Kier molecular flexibility index (Phi) is 5.38.